The number of nitrogens with one attached hydrogen (secondary N) is 2. The van der Waals surface area contributed by atoms with Gasteiger partial charge in [-0.05, 0) is 68.8 Å². The van der Waals surface area contributed by atoms with E-state index in [1.807, 2.05) is 24.3 Å². The first-order valence-corrected chi connectivity index (χ1v) is 18.6. The van der Waals surface area contributed by atoms with Gasteiger partial charge in [0.2, 0.25) is 0 Å². The summed E-state index contributed by atoms with van der Waals surface area (Å²) in [5.74, 6) is 0. The molecule has 8 atom stereocenters. The average molecular weight is 743 g/mol. The van der Waals surface area contributed by atoms with Gasteiger partial charge in [-0.3, -0.25) is 0 Å². The number of aromatic amines is 2. The maximum atomic E-state index is 11.2. The molecular weight excluding hydrogens is 713 g/mol. The van der Waals surface area contributed by atoms with Crippen LogP contribution in [0.4, 0.5) is 0 Å². The number of benzene rings is 4. The van der Waals surface area contributed by atoms with Gasteiger partial charge in [-0.25, -0.2) is 9.97 Å². The number of fused-ring (bicyclic) bond motifs is 16. The summed E-state index contributed by atoms with van der Waals surface area (Å²) in [7, 11) is 0. The van der Waals surface area contributed by atoms with Gasteiger partial charge >= 0.3 is 0 Å². The van der Waals surface area contributed by atoms with E-state index in [1.165, 1.54) is 0 Å². The van der Waals surface area contributed by atoms with E-state index in [0.717, 1.165) is 0 Å². The van der Waals surface area contributed by atoms with Gasteiger partial charge < -0.3 is 50.8 Å². The van der Waals surface area contributed by atoms with Crippen molar-refractivity contribution in [2.24, 2.45) is 0 Å². The van der Waals surface area contributed by atoms with Crippen LogP contribution in [0.5, 0.6) is 0 Å². The third-order valence-electron chi connectivity index (χ3n) is 13.1. The fraction of sp³-hybridized carbons (Fsp3) is 0.182. The molecule has 8 aliphatic carbocycles. The molecule has 0 radical (unpaired) electrons. The van der Waals surface area contributed by atoms with Crippen LogP contribution < -0.4 is 0 Å². The molecule has 0 spiro atoms. The fourth-order valence-electron chi connectivity index (χ4n) is 10.6. The molecule has 0 amide bonds. The van der Waals surface area contributed by atoms with Crippen molar-refractivity contribution in [1.82, 2.24) is 19.9 Å². The van der Waals surface area contributed by atoms with Gasteiger partial charge in [0.1, 0.15) is 48.8 Å². The van der Waals surface area contributed by atoms with E-state index in [-0.39, 0.29) is 0 Å². The van der Waals surface area contributed by atoms with Crippen molar-refractivity contribution in [2.75, 3.05) is 0 Å². The van der Waals surface area contributed by atoms with Crippen LogP contribution in [0.1, 0.15) is 93.3 Å². The number of nitrogens with zero attached hydrogens (tertiary/aromatic N) is 2. The van der Waals surface area contributed by atoms with Crippen LogP contribution in [0, 0.1) is 0 Å². The minimum atomic E-state index is -1.18. The zero-order valence-corrected chi connectivity index (χ0v) is 29.0. The number of aliphatic hydroxyl groups is 8. The van der Waals surface area contributed by atoms with E-state index >= 15 is 0 Å². The highest BCUT2D eigenvalue weighted by Crippen LogP contribution is 2.56. The molecular formula is C44H30N4O8. The molecule has 0 saturated heterocycles. The molecule has 10 aliphatic rings. The van der Waals surface area contributed by atoms with Crippen molar-refractivity contribution < 1.29 is 40.9 Å². The Morgan fingerprint density at radius 2 is 0.500 bits per heavy atom. The second-order valence-corrected chi connectivity index (χ2v) is 15.8. The average Bonchev–Trinajstić information content (AvgIpc) is 3.96. The van der Waals surface area contributed by atoms with E-state index in [2.05, 4.69) is 9.97 Å². The standard InChI is InChI=1S/C44H30N4O8/c49-37-13-1-2-14(38(37)50)30-22-10-24-32-16-5-6-18(42(54)40(16)52)34(32)26(47-24)12-28-36-20-8-7-19(43(55)44(20)56)35(36)27(48-28)11-25-33-17-4-3-15(39(51)41(17)53)31(33)23(46-25)9-21(45-22)29(13)30/h1-12,37-45,48-56H. The maximum Gasteiger partial charge on any atom is 0.110 e. The first-order valence-electron chi connectivity index (χ1n) is 18.6. The van der Waals surface area contributed by atoms with Gasteiger partial charge in [-0.1, -0.05) is 48.5 Å². The minimum absolute atomic E-state index is 0.506. The summed E-state index contributed by atoms with van der Waals surface area (Å²) in [6.45, 7) is 0. The molecule has 0 saturated carbocycles. The van der Waals surface area contributed by atoms with Crippen molar-refractivity contribution in [1.29, 1.82) is 0 Å². The van der Waals surface area contributed by atoms with E-state index < -0.39 is 48.8 Å². The Balaban J connectivity index is 1.27. The Kier molecular flexibility index (Phi) is 5.68. The molecule has 8 unspecified atom stereocenters. The van der Waals surface area contributed by atoms with Crippen molar-refractivity contribution in [2.45, 2.75) is 48.8 Å². The fourth-order valence-corrected chi connectivity index (χ4v) is 10.6. The summed E-state index contributed by atoms with van der Waals surface area (Å²) in [6, 6.07) is 21.8. The van der Waals surface area contributed by atoms with E-state index in [4.69, 9.17) is 9.97 Å². The summed E-state index contributed by atoms with van der Waals surface area (Å²) in [5.41, 5.74) is 11.2. The highest BCUT2D eigenvalue weighted by molar-refractivity contribution is 6.15. The highest BCUT2D eigenvalue weighted by atomic mass is 16.3. The summed E-state index contributed by atoms with van der Waals surface area (Å²) < 4.78 is 0. The number of rotatable bonds is 0. The van der Waals surface area contributed by atoms with Gasteiger partial charge in [0, 0.05) is 65.9 Å². The SMILES string of the molecule is OC1c2ccc(c3c2-c2cc4[nH]c(cc5nc(cc6[nH]c(cc-3n2)c2c3ccc(c62)C(O)C3O)-c2c3ccc(c2-5)C(O)C3O)c2c3ccc(c42)C(O)C3O)C1O. The molecule has 0 fully saturated rings. The molecule has 5 heterocycles. The molecule has 56 heavy (non-hydrogen) atoms. The molecule has 12 heteroatoms. The van der Waals surface area contributed by atoms with Crippen molar-refractivity contribution in [3.8, 4) is 45.0 Å². The summed E-state index contributed by atoms with van der Waals surface area (Å²) >= 11 is 0. The quantitative estimate of drug-likeness (QED) is 0.0926. The minimum Gasteiger partial charge on any atom is -0.385 e. The van der Waals surface area contributed by atoms with Crippen LogP contribution in [-0.2, 0) is 0 Å². The smallest absolute Gasteiger partial charge is 0.110 e. The lowest BCUT2D eigenvalue weighted by molar-refractivity contribution is 0.0142. The van der Waals surface area contributed by atoms with E-state index in [9.17, 15) is 40.9 Å². The Hall–Kier alpha value is -5.80. The largest absolute Gasteiger partial charge is 0.385 e. The van der Waals surface area contributed by atoms with Gasteiger partial charge in [-0.15, -0.1) is 0 Å². The predicted molar refractivity (Wildman–Crippen MR) is 205 cm³/mol. The second-order valence-electron chi connectivity index (χ2n) is 15.8. The van der Waals surface area contributed by atoms with E-state index in [1.54, 1.807) is 48.5 Å². The third kappa shape index (κ3) is 3.54. The first-order chi connectivity index (χ1) is 27.1. The van der Waals surface area contributed by atoms with Gasteiger partial charge in [0.05, 0.1) is 22.8 Å². The van der Waals surface area contributed by atoms with Crippen LogP contribution in [0.3, 0.4) is 0 Å². The summed E-state index contributed by atoms with van der Waals surface area (Å²) in [4.78, 5) is 17.4. The zero-order chi connectivity index (χ0) is 37.8. The molecule has 274 valence electrons. The lowest BCUT2D eigenvalue weighted by Gasteiger charge is -2.29. The zero-order valence-electron chi connectivity index (χ0n) is 29.0. The number of aromatic nitrogens is 4. The highest BCUT2D eigenvalue weighted by Gasteiger charge is 2.40. The molecule has 17 rings (SSSR count). The molecule has 2 aliphatic heterocycles. The number of hydrogen-bond acceptors (Lipinski definition) is 10. The Labute approximate surface area is 314 Å². The van der Waals surface area contributed by atoms with Crippen molar-refractivity contribution >= 4 is 43.6 Å². The van der Waals surface area contributed by atoms with E-state index in [0.29, 0.717) is 133 Å². The topological polar surface area (TPSA) is 219 Å². The second kappa shape index (κ2) is 10.1. The monoisotopic (exact) mass is 742 g/mol. The lowest BCUT2D eigenvalue weighted by atomic mass is 9.80. The van der Waals surface area contributed by atoms with Crippen LogP contribution in [0.25, 0.3) is 88.6 Å². The number of H-pyrrole nitrogens is 2. The Morgan fingerprint density at radius 3 is 0.732 bits per heavy atom. The van der Waals surface area contributed by atoms with Crippen LogP contribution >= 0.6 is 0 Å². The maximum absolute atomic E-state index is 11.2. The van der Waals surface area contributed by atoms with Crippen LogP contribution in [0.2, 0.25) is 0 Å². The molecule has 12 nitrogen and oxygen atoms in total. The van der Waals surface area contributed by atoms with Crippen LogP contribution in [-0.4, -0.2) is 60.8 Å². The van der Waals surface area contributed by atoms with Crippen LogP contribution in [0.15, 0.2) is 72.8 Å². The normalized spacial score (nSPS) is 25.9. The van der Waals surface area contributed by atoms with Gasteiger partial charge in [0.15, 0.2) is 0 Å². The number of hydrogen-bond donors (Lipinski definition) is 10. The molecule has 16 bridgehead atoms. The van der Waals surface area contributed by atoms with Gasteiger partial charge in [-0.2, -0.15) is 0 Å². The lowest BCUT2D eigenvalue weighted by Crippen LogP contribution is -2.18. The molecule has 10 N–H and O–H groups in total. The Morgan fingerprint density at radius 1 is 0.304 bits per heavy atom. The predicted octanol–water partition coefficient (Wildman–Crippen LogP) is 5.61. The molecule has 7 aromatic rings. The summed E-state index contributed by atoms with van der Waals surface area (Å²) in [5, 5.41) is 92.7. The first kappa shape index (κ1) is 31.4. The van der Waals surface area contributed by atoms with Crippen molar-refractivity contribution in [3.05, 3.63) is 117 Å². The van der Waals surface area contributed by atoms with Gasteiger partial charge in [0.25, 0.3) is 0 Å². The van der Waals surface area contributed by atoms with Crippen molar-refractivity contribution in [3.63, 3.8) is 0 Å². The Bertz CT molecular complexity index is 2810. The molecule has 3 aromatic heterocycles. The molecule has 4 aromatic carbocycles. The number of aliphatic hydroxyl groups excluding tert-OH is 8. The third-order valence-corrected chi connectivity index (χ3v) is 13.1. The summed E-state index contributed by atoms with van der Waals surface area (Å²) in [6.07, 6.45) is -9.39.